The normalized spacial score (nSPS) is 16.4. The van der Waals surface area contributed by atoms with Gasteiger partial charge in [0.05, 0.1) is 0 Å². The second-order valence-electron chi connectivity index (χ2n) is 27.6. The quantitative estimate of drug-likeness (QED) is 0.0307. The van der Waals surface area contributed by atoms with Gasteiger partial charge in [-0.25, -0.2) is 40.7 Å². The van der Waals surface area contributed by atoms with Crippen molar-refractivity contribution in [3.63, 3.8) is 0 Å². The molecule has 3 aliphatic heterocycles. The number of halogens is 7. The number of nitrogens with zero attached hydrogens (tertiary/aromatic N) is 2. The van der Waals surface area contributed by atoms with Gasteiger partial charge in [0.2, 0.25) is 0 Å². The molecule has 0 amide bonds. The zero-order chi connectivity index (χ0) is 70.7. The molecule has 0 spiro atoms. The zero-order valence-electron chi connectivity index (χ0n) is 57.4. The predicted octanol–water partition coefficient (Wildman–Crippen LogP) is 17.8. The maximum Gasteiger partial charge on any atom is 0.335 e. The number of alkyl halides is 6. The van der Waals surface area contributed by atoms with Crippen molar-refractivity contribution in [2.75, 3.05) is 49.1 Å². The Hall–Kier alpha value is -6.34. The molecule has 0 radical (unpaired) electrons. The first-order valence-electron chi connectivity index (χ1n) is 33.0. The minimum absolute atomic E-state index is 0. The number of piperidine rings is 3. The molecule has 3 fully saturated rings. The molecule has 0 aromatic heterocycles. The Morgan fingerprint density at radius 2 is 0.786 bits per heavy atom. The molecule has 3 N–H and O–H groups in total. The highest BCUT2D eigenvalue weighted by Crippen LogP contribution is 2.38. The average Bonchev–Trinajstić information content (AvgIpc) is 0.835. The van der Waals surface area contributed by atoms with E-state index in [1.165, 1.54) is 0 Å². The maximum atomic E-state index is 13.2. The Kier molecular flexibility index (Phi) is 35.8. The molecule has 3 aliphatic rings. The molecule has 0 unspecified atom stereocenters. The molecular weight excluding hydrogens is 1360 g/mol. The topological polar surface area (TPSA) is 147 Å². The van der Waals surface area contributed by atoms with Crippen LogP contribution >= 0.6 is 15.9 Å². The Morgan fingerprint density at radius 3 is 1.08 bits per heavy atom. The number of anilines is 2. The highest BCUT2D eigenvalue weighted by molar-refractivity contribution is 9.10. The van der Waals surface area contributed by atoms with Crippen molar-refractivity contribution in [3.05, 3.63) is 202 Å². The van der Waals surface area contributed by atoms with Crippen molar-refractivity contribution in [2.24, 2.45) is 0 Å². The number of benzene rings is 6. The highest BCUT2D eigenvalue weighted by atomic mass is 79.9. The van der Waals surface area contributed by atoms with Crippen molar-refractivity contribution in [1.29, 1.82) is 0 Å². The average molecular weight is 1470 g/mol. The molecular formula is C77H108BrF6N3O9Si2. The zero-order valence-corrected chi connectivity index (χ0v) is 61.2. The van der Waals surface area contributed by atoms with Crippen LogP contribution in [0.4, 0.5) is 37.7 Å². The predicted molar refractivity (Wildman–Crippen MR) is 393 cm³/mol. The van der Waals surface area contributed by atoms with Gasteiger partial charge in [-0.1, -0.05) is 213 Å². The van der Waals surface area contributed by atoms with Crippen LogP contribution in [-0.4, -0.2) is 121 Å². The van der Waals surface area contributed by atoms with Crippen molar-refractivity contribution < 1.29 is 69.6 Å². The maximum absolute atomic E-state index is 13.2. The molecule has 542 valence electrons. The van der Waals surface area contributed by atoms with E-state index < -0.39 is 56.3 Å². The summed E-state index contributed by atoms with van der Waals surface area (Å²) in [6.07, 6.45) is -2.83. The molecule has 98 heavy (non-hydrogen) atoms. The molecule has 3 atom stereocenters. The van der Waals surface area contributed by atoms with Crippen molar-refractivity contribution >= 4 is 62.3 Å². The Bertz CT molecular complexity index is 3080. The van der Waals surface area contributed by atoms with Crippen LogP contribution in [0.15, 0.2) is 168 Å². The molecule has 0 aliphatic carbocycles. The third-order valence-electron chi connectivity index (χ3n) is 17.6. The first-order chi connectivity index (χ1) is 45.1. The van der Waals surface area contributed by atoms with Gasteiger partial charge in [0.15, 0.2) is 20.5 Å². The molecule has 3 heterocycles. The summed E-state index contributed by atoms with van der Waals surface area (Å²) in [6, 6.07) is 50.8. The van der Waals surface area contributed by atoms with E-state index in [4.69, 9.17) is 18.6 Å². The van der Waals surface area contributed by atoms with Gasteiger partial charge >= 0.3 is 17.9 Å². The molecule has 6 aromatic rings. The van der Waals surface area contributed by atoms with Crippen molar-refractivity contribution in [3.8, 4) is 0 Å². The smallest absolute Gasteiger partial charge is 0.335 e. The van der Waals surface area contributed by atoms with E-state index in [1.54, 1.807) is 24.3 Å². The van der Waals surface area contributed by atoms with Gasteiger partial charge in [-0.3, -0.25) is 0 Å². The van der Waals surface area contributed by atoms with E-state index in [-0.39, 0.29) is 106 Å². The summed E-state index contributed by atoms with van der Waals surface area (Å²) in [5.41, 5.74) is 7.05. The van der Waals surface area contributed by atoms with Crippen molar-refractivity contribution in [1.82, 2.24) is 5.32 Å². The highest BCUT2D eigenvalue weighted by Gasteiger charge is 2.42. The molecule has 0 saturated carbocycles. The third kappa shape index (κ3) is 31.9. The van der Waals surface area contributed by atoms with Gasteiger partial charge in [0.1, 0.15) is 25.9 Å². The number of carbonyl (C=O) groups is 3. The summed E-state index contributed by atoms with van der Waals surface area (Å²) in [7, 11) is -2.47. The fourth-order valence-corrected chi connectivity index (χ4v) is 10.8. The number of ether oxygens (including phenoxy) is 3. The monoisotopic (exact) mass is 1470 g/mol. The second kappa shape index (κ2) is 40.8. The van der Waals surface area contributed by atoms with Gasteiger partial charge in [-0.2, -0.15) is 0 Å². The standard InChI is InChI=1S/C22H29BrO3Si.2C21H23F2NO3.C6H16Si.C5H9F2N.2CH4/c1-22(2,3)27(4,5)26-20(15-17-11-13-19(23)14-12-17)21(24)25-16-18-9-7-6-8-10-18;2*22-21(23)10-12-24(13-11-21)18-8-6-16(7-9-18)14-19(25)20(26)27-15-17-4-2-1-3-5-17;1-6(2,3)7(4)5;6-5(7)1-3-8-4-2-5;;/h6-14,20H,15-16H2,1-5H3;2*1-9,19,25H,10-15H2;7H,1-5H3;8H,1-4H2;2*1H4/t20-;2*19-;;;;/m111..../s1. The summed E-state index contributed by atoms with van der Waals surface area (Å²) in [5.74, 6) is -9.15. The third-order valence-corrected chi connectivity index (χ3v) is 26.1. The lowest BCUT2D eigenvalue weighted by atomic mass is 10.0. The molecule has 6 aromatic carbocycles. The van der Waals surface area contributed by atoms with Crippen LogP contribution in [0, 0.1) is 0 Å². The van der Waals surface area contributed by atoms with Crippen LogP contribution < -0.4 is 15.1 Å². The van der Waals surface area contributed by atoms with Crippen LogP contribution in [0.25, 0.3) is 0 Å². The summed E-state index contributed by atoms with van der Waals surface area (Å²) >= 11 is 3.45. The number of rotatable bonds is 19. The van der Waals surface area contributed by atoms with Crippen LogP contribution in [0.3, 0.4) is 0 Å². The molecule has 3 saturated heterocycles. The Balaban J connectivity index is 0.000000342. The number of hydrogen-bond acceptors (Lipinski definition) is 12. The number of aliphatic hydroxyl groups excluding tert-OH is 2. The lowest BCUT2D eigenvalue weighted by Crippen LogP contribution is -2.47. The van der Waals surface area contributed by atoms with Crippen LogP contribution in [0.1, 0.15) is 128 Å². The first kappa shape index (κ1) is 85.9. The van der Waals surface area contributed by atoms with E-state index >= 15 is 0 Å². The largest absolute Gasteiger partial charge is 0.459 e. The van der Waals surface area contributed by atoms with E-state index in [1.807, 2.05) is 149 Å². The fraction of sp³-hybridized carbons (Fsp3) is 0.494. The second-order valence-corrected chi connectivity index (χ2v) is 37.3. The molecule has 0 bridgehead atoms. The van der Waals surface area contributed by atoms with Crippen LogP contribution in [0.2, 0.25) is 36.3 Å². The van der Waals surface area contributed by atoms with Gasteiger partial charge in [0, 0.05) is 122 Å². The number of carbonyl (C=O) groups excluding carboxylic acids is 3. The van der Waals surface area contributed by atoms with Gasteiger partial charge in [-0.15, -0.1) is 0 Å². The Morgan fingerprint density at radius 1 is 0.490 bits per heavy atom. The lowest BCUT2D eigenvalue weighted by molar-refractivity contribution is -0.155. The number of aliphatic hydroxyl groups is 2. The van der Waals surface area contributed by atoms with Gasteiger partial charge < -0.3 is 44.0 Å². The SMILES string of the molecule is C.C.CC(C)(C)[Si](C)(C)O[C@H](Cc1ccc(Br)cc1)C(=O)OCc1ccccc1.C[SiH](C)C(C)(C)C.FC1(F)CCNCC1.O=C(OCc1ccccc1)[C@H](O)Cc1ccc(N2CCC(F)(F)CC2)cc1.O=C(OCc1ccccc1)[C@H](O)Cc1ccc(N2CCC(F)(F)CC2)cc1. The van der Waals surface area contributed by atoms with E-state index in [0.29, 0.717) is 50.7 Å². The summed E-state index contributed by atoms with van der Waals surface area (Å²) in [6.45, 7) is 25.3. The number of hydrogen-bond donors (Lipinski definition) is 3. The van der Waals surface area contributed by atoms with Gasteiger partial charge in [0.25, 0.3) is 17.8 Å². The summed E-state index contributed by atoms with van der Waals surface area (Å²) in [5, 5.41) is 23.6. The molecule has 12 nitrogen and oxygen atoms in total. The minimum Gasteiger partial charge on any atom is -0.459 e. The molecule has 9 rings (SSSR count). The molecule has 21 heteroatoms. The van der Waals surface area contributed by atoms with Crippen LogP contribution in [-0.2, 0) is 72.1 Å². The fourth-order valence-electron chi connectivity index (χ4n) is 9.29. The van der Waals surface area contributed by atoms with Crippen LogP contribution in [0.5, 0.6) is 0 Å². The van der Waals surface area contributed by atoms with Crippen molar-refractivity contribution in [2.45, 2.75) is 206 Å². The Labute approximate surface area is 591 Å². The number of esters is 3. The summed E-state index contributed by atoms with van der Waals surface area (Å²) < 4.78 is 101. The minimum atomic E-state index is -2.57. The first-order valence-corrected chi connectivity index (χ1v) is 39.6. The van der Waals surface area contributed by atoms with Gasteiger partial charge in [-0.05, 0) is 92.9 Å². The van der Waals surface area contributed by atoms with E-state index in [0.717, 1.165) is 49.2 Å². The lowest BCUT2D eigenvalue weighted by Gasteiger charge is -2.38. The van der Waals surface area contributed by atoms with E-state index in [9.17, 15) is 50.9 Å². The number of nitrogens with one attached hydrogen (secondary N) is 1. The van der Waals surface area contributed by atoms with E-state index in [2.05, 4.69) is 89.0 Å². The summed E-state index contributed by atoms with van der Waals surface area (Å²) in [4.78, 5) is 40.6.